The summed E-state index contributed by atoms with van der Waals surface area (Å²) in [5.41, 5.74) is 6.95. The zero-order chi connectivity index (χ0) is 15.1. The van der Waals surface area contributed by atoms with Crippen LogP contribution in [0.3, 0.4) is 0 Å². The average Bonchev–Trinajstić information content (AvgIpc) is 2.49. The monoisotopic (exact) mass is 305 g/mol. The molecule has 1 heterocycles. The Kier molecular flexibility index (Phi) is 5.78. The fraction of sp³-hybridized carbons (Fsp3) is 0.333. The lowest BCUT2D eigenvalue weighted by molar-refractivity contribution is 0.325. The van der Waals surface area contributed by atoms with Crippen LogP contribution in [-0.2, 0) is 6.54 Å². The van der Waals surface area contributed by atoms with Gasteiger partial charge in [-0.3, -0.25) is 0 Å². The van der Waals surface area contributed by atoms with Gasteiger partial charge in [-0.2, -0.15) is 0 Å². The van der Waals surface area contributed by atoms with Crippen molar-refractivity contribution < 1.29 is 0 Å². The molecule has 6 heteroatoms. The van der Waals surface area contributed by atoms with Crippen molar-refractivity contribution in [3.63, 3.8) is 0 Å². The molecule has 0 amide bonds. The molecule has 0 radical (unpaired) electrons. The van der Waals surface area contributed by atoms with Crippen LogP contribution in [0, 0.1) is 0 Å². The predicted molar refractivity (Wildman–Crippen MR) is 87.3 cm³/mol. The van der Waals surface area contributed by atoms with Gasteiger partial charge in [-0.05, 0) is 25.6 Å². The van der Waals surface area contributed by atoms with Crippen LogP contribution in [0.4, 0.5) is 11.6 Å². The standard InChI is InChI=1S/C15H20ClN5/c1-21(10-12-6-3-2-4-7-12)9-5-8-18-15-13(16)14(17)19-11-20-15/h2-4,6-7,11H,5,8-10H2,1H3,(H3,17,18,19,20). The first-order valence-corrected chi connectivity index (χ1v) is 7.27. The van der Waals surface area contributed by atoms with Gasteiger partial charge in [0.2, 0.25) is 0 Å². The molecule has 3 N–H and O–H groups in total. The summed E-state index contributed by atoms with van der Waals surface area (Å²) < 4.78 is 0. The van der Waals surface area contributed by atoms with Crippen LogP contribution in [-0.4, -0.2) is 35.0 Å². The lowest BCUT2D eigenvalue weighted by Gasteiger charge is -2.17. The molecule has 0 fully saturated rings. The maximum Gasteiger partial charge on any atom is 0.150 e. The summed E-state index contributed by atoms with van der Waals surface area (Å²) >= 11 is 6.02. The third-order valence-corrected chi connectivity index (χ3v) is 3.49. The summed E-state index contributed by atoms with van der Waals surface area (Å²) in [4.78, 5) is 10.2. The highest BCUT2D eigenvalue weighted by Gasteiger charge is 2.05. The van der Waals surface area contributed by atoms with E-state index in [9.17, 15) is 0 Å². The topological polar surface area (TPSA) is 67.1 Å². The zero-order valence-corrected chi connectivity index (χ0v) is 12.8. The number of nitrogen functional groups attached to an aromatic ring is 1. The minimum Gasteiger partial charge on any atom is -0.382 e. The quantitative estimate of drug-likeness (QED) is 0.770. The highest BCUT2D eigenvalue weighted by Crippen LogP contribution is 2.22. The lowest BCUT2D eigenvalue weighted by atomic mass is 10.2. The summed E-state index contributed by atoms with van der Waals surface area (Å²) in [6, 6.07) is 10.4. The number of anilines is 2. The van der Waals surface area contributed by atoms with Gasteiger partial charge in [-0.15, -0.1) is 0 Å². The van der Waals surface area contributed by atoms with Gasteiger partial charge >= 0.3 is 0 Å². The van der Waals surface area contributed by atoms with Gasteiger partial charge < -0.3 is 16.0 Å². The van der Waals surface area contributed by atoms with E-state index in [1.165, 1.54) is 11.9 Å². The second kappa shape index (κ2) is 7.81. The SMILES string of the molecule is CN(CCCNc1ncnc(N)c1Cl)Cc1ccccc1. The summed E-state index contributed by atoms with van der Waals surface area (Å²) in [6.45, 7) is 2.72. The molecular formula is C15H20ClN5. The first-order valence-electron chi connectivity index (χ1n) is 6.89. The number of hydrogen-bond donors (Lipinski definition) is 2. The molecule has 0 spiro atoms. The van der Waals surface area contributed by atoms with Crippen molar-refractivity contribution in [3.8, 4) is 0 Å². The molecule has 0 atom stereocenters. The number of halogens is 1. The maximum absolute atomic E-state index is 6.02. The van der Waals surface area contributed by atoms with Crippen LogP contribution in [0.15, 0.2) is 36.7 Å². The Morgan fingerprint density at radius 2 is 2.00 bits per heavy atom. The van der Waals surface area contributed by atoms with Crippen LogP contribution >= 0.6 is 11.6 Å². The van der Waals surface area contributed by atoms with Gasteiger partial charge in [-0.25, -0.2) is 9.97 Å². The fourth-order valence-corrected chi connectivity index (χ4v) is 2.20. The fourth-order valence-electron chi connectivity index (χ4n) is 2.04. The minimum absolute atomic E-state index is 0.301. The number of rotatable bonds is 7. The van der Waals surface area contributed by atoms with Crippen molar-refractivity contribution in [1.82, 2.24) is 14.9 Å². The van der Waals surface area contributed by atoms with E-state index in [1.807, 2.05) is 6.07 Å². The van der Waals surface area contributed by atoms with E-state index < -0.39 is 0 Å². The van der Waals surface area contributed by atoms with Crippen molar-refractivity contribution >= 4 is 23.2 Å². The van der Waals surface area contributed by atoms with E-state index in [1.54, 1.807) is 0 Å². The van der Waals surface area contributed by atoms with Gasteiger partial charge in [0.05, 0.1) is 0 Å². The number of nitrogens with two attached hydrogens (primary N) is 1. The number of hydrogen-bond acceptors (Lipinski definition) is 5. The highest BCUT2D eigenvalue weighted by atomic mass is 35.5. The number of aromatic nitrogens is 2. The molecule has 1 aromatic heterocycles. The Balaban J connectivity index is 1.71. The van der Waals surface area contributed by atoms with Gasteiger partial charge in [0.25, 0.3) is 0 Å². The van der Waals surface area contributed by atoms with Gasteiger partial charge in [0, 0.05) is 13.1 Å². The molecule has 2 aromatic rings. The van der Waals surface area contributed by atoms with Crippen LogP contribution in [0.1, 0.15) is 12.0 Å². The molecule has 0 aliphatic carbocycles. The number of nitrogens with zero attached hydrogens (tertiary/aromatic N) is 3. The van der Waals surface area contributed by atoms with Crippen molar-refractivity contribution in [1.29, 1.82) is 0 Å². The van der Waals surface area contributed by atoms with Crippen molar-refractivity contribution in [2.24, 2.45) is 0 Å². The Hall–Kier alpha value is -1.85. The molecule has 0 unspecified atom stereocenters. The molecule has 5 nitrogen and oxygen atoms in total. The zero-order valence-electron chi connectivity index (χ0n) is 12.1. The lowest BCUT2D eigenvalue weighted by Crippen LogP contribution is -2.21. The molecule has 0 aliphatic rings. The normalized spacial score (nSPS) is 10.8. The Morgan fingerprint density at radius 3 is 2.76 bits per heavy atom. The third-order valence-electron chi connectivity index (χ3n) is 3.12. The largest absolute Gasteiger partial charge is 0.382 e. The van der Waals surface area contributed by atoms with Crippen molar-refractivity contribution in [2.45, 2.75) is 13.0 Å². The Morgan fingerprint density at radius 1 is 1.24 bits per heavy atom. The van der Waals surface area contributed by atoms with E-state index >= 15 is 0 Å². The predicted octanol–water partition coefficient (Wildman–Crippen LogP) is 2.65. The Labute approximate surface area is 130 Å². The summed E-state index contributed by atoms with van der Waals surface area (Å²) in [5.74, 6) is 0.894. The van der Waals surface area contributed by atoms with E-state index in [-0.39, 0.29) is 0 Å². The smallest absolute Gasteiger partial charge is 0.150 e. The molecule has 1 aromatic carbocycles. The highest BCUT2D eigenvalue weighted by molar-refractivity contribution is 6.35. The van der Waals surface area contributed by atoms with Gasteiger partial charge in [0.15, 0.2) is 0 Å². The summed E-state index contributed by atoms with van der Waals surface area (Å²) in [6.07, 6.45) is 2.40. The third kappa shape index (κ3) is 4.88. The van der Waals surface area contributed by atoms with Gasteiger partial charge in [-0.1, -0.05) is 41.9 Å². The molecule has 0 aliphatic heterocycles. The van der Waals surface area contributed by atoms with Crippen molar-refractivity contribution in [2.75, 3.05) is 31.2 Å². The minimum atomic E-state index is 0.301. The van der Waals surface area contributed by atoms with Crippen molar-refractivity contribution in [3.05, 3.63) is 47.2 Å². The maximum atomic E-state index is 6.02. The second-order valence-corrected chi connectivity index (χ2v) is 5.30. The molecule has 0 saturated heterocycles. The molecular weight excluding hydrogens is 286 g/mol. The van der Waals surface area contributed by atoms with Crippen LogP contribution < -0.4 is 11.1 Å². The number of benzene rings is 1. The van der Waals surface area contributed by atoms with Crippen LogP contribution in [0.5, 0.6) is 0 Å². The van der Waals surface area contributed by atoms with E-state index in [2.05, 4.69) is 51.5 Å². The average molecular weight is 306 g/mol. The molecule has 21 heavy (non-hydrogen) atoms. The van der Waals surface area contributed by atoms with E-state index in [0.29, 0.717) is 16.7 Å². The first-order chi connectivity index (χ1) is 10.2. The molecule has 2 rings (SSSR count). The molecule has 0 saturated carbocycles. The van der Waals surface area contributed by atoms with E-state index in [4.69, 9.17) is 17.3 Å². The van der Waals surface area contributed by atoms with Crippen LogP contribution in [0.25, 0.3) is 0 Å². The first kappa shape index (κ1) is 15.5. The van der Waals surface area contributed by atoms with E-state index in [0.717, 1.165) is 26.1 Å². The number of nitrogens with one attached hydrogen (secondary N) is 1. The van der Waals surface area contributed by atoms with Gasteiger partial charge in [0.1, 0.15) is 23.0 Å². The molecule has 0 bridgehead atoms. The molecule has 112 valence electrons. The Bertz CT molecular complexity index is 561. The second-order valence-electron chi connectivity index (χ2n) is 4.93. The summed E-state index contributed by atoms with van der Waals surface area (Å²) in [5, 5.41) is 3.57. The summed E-state index contributed by atoms with van der Waals surface area (Å²) in [7, 11) is 2.11. The van der Waals surface area contributed by atoms with Crippen LogP contribution in [0.2, 0.25) is 5.02 Å².